The summed E-state index contributed by atoms with van der Waals surface area (Å²) in [6, 6.07) is -0.945. The van der Waals surface area contributed by atoms with Gasteiger partial charge in [-0.2, -0.15) is 4.31 Å². The Kier molecular flexibility index (Phi) is 3.02. The maximum Gasteiger partial charge on any atom is 0.407 e. The molecule has 0 spiro atoms. The van der Waals surface area contributed by atoms with E-state index in [9.17, 15) is 13.2 Å². The van der Waals surface area contributed by atoms with Crippen LogP contribution in [0.4, 0.5) is 4.79 Å². The van der Waals surface area contributed by atoms with Gasteiger partial charge in [-0.3, -0.25) is 0 Å². The van der Waals surface area contributed by atoms with Crippen LogP contribution in [-0.2, 0) is 10.0 Å². The van der Waals surface area contributed by atoms with Gasteiger partial charge in [0.05, 0.1) is 12.3 Å². The van der Waals surface area contributed by atoms with Crippen LogP contribution in [-0.4, -0.2) is 59.7 Å². The normalized spacial score (nSPS) is 35.7. The van der Waals surface area contributed by atoms with Crippen LogP contribution in [0.5, 0.6) is 0 Å². The number of piperazine rings is 1. The van der Waals surface area contributed by atoms with Gasteiger partial charge in [-0.05, 0) is 12.8 Å². The first-order valence-electron chi connectivity index (χ1n) is 5.41. The predicted octanol–water partition coefficient (Wildman–Crippen LogP) is -0.224. The van der Waals surface area contributed by atoms with Crippen molar-refractivity contribution < 1.29 is 18.3 Å². The van der Waals surface area contributed by atoms with Gasteiger partial charge in [-0.1, -0.05) is 5.92 Å². The van der Waals surface area contributed by atoms with E-state index in [-0.39, 0.29) is 24.9 Å². The van der Waals surface area contributed by atoms with Crippen molar-refractivity contribution in [2.24, 2.45) is 0 Å². The minimum absolute atomic E-state index is 0.0507. The molecule has 3 unspecified atom stereocenters. The number of sulfonamides is 1. The van der Waals surface area contributed by atoms with Crippen LogP contribution in [0.2, 0.25) is 0 Å². The van der Waals surface area contributed by atoms with Gasteiger partial charge in [0.15, 0.2) is 0 Å². The first kappa shape index (κ1) is 12.2. The number of carbonyl (C=O) groups is 1. The van der Waals surface area contributed by atoms with Gasteiger partial charge < -0.3 is 10.0 Å². The molecule has 1 N–H and O–H groups in total. The average Bonchev–Trinajstić information content (AvgIpc) is 2.38. The first-order chi connectivity index (χ1) is 7.95. The summed E-state index contributed by atoms with van der Waals surface area (Å²) in [5, 5.41) is 9.07. The van der Waals surface area contributed by atoms with Crippen molar-refractivity contribution in [3.05, 3.63) is 0 Å². The first-order valence-corrected chi connectivity index (χ1v) is 7.02. The summed E-state index contributed by atoms with van der Waals surface area (Å²) in [5.41, 5.74) is 0. The minimum atomic E-state index is -3.33. The second-order valence-electron chi connectivity index (χ2n) is 4.30. The number of fused-ring (bicyclic) bond motifs is 2. The van der Waals surface area contributed by atoms with Crippen molar-refractivity contribution in [2.75, 3.05) is 18.8 Å². The molecule has 0 aromatic rings. The van der Waals surface area contributed by atoms with Gasteiger partial charge >= 0.3 is 6.09 Å². The smallest absolute Gasteiger partial charge is 0.407 e. The molecule has 1 amide bonds. The summed E-state index contributed by atoms with van der Waals surface area (Å²) in [4.78, 5) is 12.3. The lowest BCUT2D eigenvalue weighted by molar-refractivity contribution is 0.0805. The number of hydrogen-bond acceptors (Lipinski definition) is 3. The lowest BCUT2D eigenvalue weighted by atomic mass is 10.1. The van der Waals surface area contributed by atoms with E-state index in [1.54, 1.807) is 0 Å². The summed E-state index contributed by atoms with van der Waals surface area (Å²) < 4.78 is 25.1. The quantitative estimate of drug-likeness (QED) is 0.609. The van der Waals surface area contributed by atoms with E-state index < -0.39 is 22.2 Å². The topological polar surface area (TPSA) is 77.9 Å². The van der Waals surface area contributed by atoms with Crippen LogP contribution >= 0.6 is 0 Å². The number of carboxylic acid groups (broad SMARTS) is 1. The Morgan fingerprint density at radius 2 is 2.12 bits per heavy atom. The maximum absolute atomic E-state index is 11.9. The summed E-state index contributed by atoms with van der Waals surface area (Å²) in [6.45, 7) is 0.249. The molecule has 94 valence electrons. The Morgan fingerprint density at radius 3 is 2.71 bits per heavy atom. The van der Waals surface area contributed by atoms with E-state index in [1.807, 2.05) is 0 Å². The number of rotatable bonds is 0. The van der Waals surface area contributed by atoms with Gasteiger partial charge in [0.1, 0.15) is 6.04 Å². The summed E-state index contributed by atoms with van der Waals surface area (Å²) in [6.07, 6.45) is 5.31. The number of nitrogens with zero attached hydrogens (tertiary/aromatic N) is 2. The highest BCUT2D eigenvalue weighted by Gasteiger charge is 2.42. The monoisotopic (exact) mass is 258 g/mol. The van der Waals surface area contributed by atoms with Gasteiger partial charge in [0, 0.05) is 12.6 Å². The number of terminal acetylenes is 1. The molecular weight excluding hydrogens is 244 g/mol. The van der Waals surface area contributed by atoms with Crippen LogP contribution in [0.25, 0.3) is 0 Å². The molecule has 0 aromatic heterocycles. The molecule has 2 heterocycles. The van der Waals surface area contributed by atoms with Crippen molar-refractivity contribution in [1.29, 1.82) is 0 Å². The number of hydrogen-bond donors (Lipinski definition) is 1. The van der Waals surface area contributed by atoms with Crippen molar-refractivity contribution in [3.8, 4) is 12.3 Å². The average molecular weight is 258 g/mol. The Morgan fingerprint density at radius 1 is 1.41 bits per heavy atom. The second kappa shape index (κ2) is 4.20. The lowest BCUT2D eigenvalue weighted by Gasteiger charge is -2.40. The third-order valence-electron chi connectivity index (χ3n) is 3.28. The Hall–Kier alpha value is -1.26. The molecular formula is C10H14N2O4S. The zero-order chi connectivity index (χ0) is 12.6. The molecule has 2 bridgehead atoms. The molecule has 17 heavy (non-hydrogen) atoms. The van der Waals surface area contributed by atoms with Gasteiger partial charge in [-0.25, -0.2) is 13.2 Å². The third-order valence-corrected chi connectivity index (χ3v) is 5.21. The summed E-state index contributed by atoms with van der Waals surface area (Å²) >= 11 is 0. The SMILES string of the molecule is C#CC1CN(C(=O)O)C2CCCS(=O)(=O)N1C2. The van der Waals surface area contributed by atoms with Crippen LogP contribution < -0.4 is 0 Å². The van der Waals surface area contributed by atoms with Crippen LogP contribution in [0.3, 0.4) is 0 Å². The molecule has 2 rings (SSSR count). The highest BCUT2D eigenvalue weighted by molar-refractivity contribution is 7.89. The fourth-order valence-corrected chi connectivity index (χ4v) is 4.08. The summed E-state index contributed by atoms with van der Waals surface area (Å²) in [5.74, 6) is 2.42. The largest absolute Gasteiger partial charge is 0.465 e. The maximum atomic E-state index is 11.9. The molecule has 2 fully saturated rings. The molecule has 2 aliphatic rings. The van der Waals surface area contributed by atoms with E-state index >= 15 is 0 Å². The molecule has 2 aliphatic heterocycles. The standard InChI is InChI=1S/C10H14N2O4S/c1-2-8-6-11(10(13)14)9-4-3-5-17(15,16)12(8)7-9/h1,8-9H,3-7H2,(H,13,14). The number of amides is 1. The second-order valence-corrected chi connectivity index (χ2v) is 6.34. The van der Waals surface area contributed by atoms with Crippen molar-refractivity contribution in [3.63, 3.8) is 0 Å². The van der Waals surface area contributed by atoms with Gasteiger partial charge in [-0.15, -0.1) is 6.42 Å². The fourth-order valence-electron chi connectivity index (χ4n) is 2.40. The van der Waals surface area contributed by atoms with Crippen molar-refractivity contribution in [1.82, 2.24) is 9.21 Å². The molecule has 2 saturated heterocycles. The Bertz CT molecular complexity index is 467. The van der Waals surface area contributed by atoms with Gasteiger partial charge in [0.2, 0.25) is 10.0 Å². The van der Waals surface area contributed by atoms with Crippen molar-refractivity contribution in [2.45, 2.75) is 24.9 Å². The van der Waals surface area contributed by atoms with E-state index in [2.05, 4.69) is 5.92 Å². The Balaban J connectivity index is 2.35. The third kappa shape index (κ3) is 2.10. The minimum Gasteiger partial charge on any atom is -0.465 e. The summed E-state index contributed by atoms with van der Waals surface area (Å²) in [7, 11) is -3.33. The van der Waals surface area contributed by atoms with E-state index in [0.717, 1.165) is 0 Å². The van der Waals surface area contributed by atoms with Crippen LogP contribution in [0.15, 0.2) is 0 Å². The molecule has 0 aromatic carbocycles. The fraction of sp³-hybridized carbons (Fsp3) is 0.700. The molecule has 0 radical (unpaired) electrons. The molecule has 6 nitrogen and oxygen atoms in total. The molecule has 3 atom stereocenters. The van der Waals surface area contributed by atoms with E-state index in [0.29, 0.717) is 12.8 Å². The van der Waals surface area contributed by atoms with E-state index in [4.69, 9.17) is 11.5 Å². The highest BCUT2D eigenvalue weighted by atomic mass is 32.2. The predicted molar refractivity (Wildman–Crippen MR) is 60.9 cm³/mol. The highest BCUT2D eigenvalue weighted by Crippen LogP contribution is 2.26. The zero-order valence-electron chi connectivity index (χ0n) is 9.24. The van der Waals surface area contributed by atoms with Gasteiger partial charge in [0.25, 0.3) is 0 Å². The lowest BCUT2D eigenvalue weighted by Crippen LogP contribution is -2.59. The van der Waals surface area contributed by atoms with Crippen LogP contribution in [0.1, 0.15) is 12.8 Å². The Labute approximate surface area is 100 Å². The zero-order valence-corrected chi connectivity index (χ0v) is 10.1. The molecule has 0 aliphatic carbocycles. The van der Waals surface area contributed by atoms with Crippen LogP contribution in [0, 0.1) is 12.3 Å². The van der Waals surface area contributed by atoms with E-state index in [1.165, 1.54) is 9.21 Å². The van der Waals surface area contributed by atoms with Crippen molar-refractivity contribution >= 4 is 16.1 Å². The molecule has 7 heteroatoms. The molecule has 0 saturated carbocycles.